The summed E-state index contributed by atoms with van der Waals surface area (Å²) in [7, 11) is -3.06. The van der Waals surface area contributed by atoms with Crippen LogP contribution in [0, 0.1) is 0 Å². The fourth-order valence-electron chi connectivity index (χ4n) is 3.67. The van der Waals surface area contributed by atoms with E-state index in [9.17, 15) is 0 Å². The Morgan fingerprint density at radius 1 is 0.885 bits per heavy atom. The molecule has 0 unspecified atom stereocenters. The summed E-state index contributed by atoms with van der Waals surface area (Å²) in [6, 6.07) is 8.93. The summed E-state index contributed by atoms with van der Waals surface area (Å²) in [5, 5.41) is 1.34. The van der Waals surface area contributed by atoms with Crippen molar-refractivity contribution in [1.29, 1.82) is 0 Å². The zero-order valence-electron chi connectivity index (χ0n) is 16.4. The molecule has 1 aromatic rings. The summed E-state index contributed by atoms with van der Waals surface area (Å²) in [6.45, 7) is 14.2. The smallest absolute Gasteiger partial charge is 0.0911 e. The first-order chi connectivity index (χ1) is 12.3. The molecule has 0 saturated carbocycles. The van der Waals surface area contributed by atoms with Crippen LogP contribution in [0.15, 0.2) is 85.2 Å². The van der Waals surface area contributed by atoms with Crippen LogP contribution < -0.4 is 0 Å². The quantitative estimate of drug-likeness (QED) is 0.462. The van der Waals surface area contributed by atoms with Gasteiger partial charge in [-0.25, -0.2) is 0 Å². The average Bonchev–Trinajstić information content (AvgIpc) is 3.33. The average molecular weight is 375 g/mol. The molecule has 134 valence electrons. The summed E-state index contributed by atoms with van der Waals surface area (Å²) in [5.74, 6) is 0. The van der Waals surface area contributed by atoms with Crippen LogP contribution in [0.5, 0.6) is 0 Å². The van der Waals surface area contributed by atoms with Crippen molar-refractivity contribution in [1.82, 2.24) is 0 Å². The highest BCUT2D eigenvalue weighted by atomic mass is 28.3. The molecule has 0 aromatic heterocycles. The van der Waals surface area contributed by atoms with E-state index in [-0.39, 0.29) is 0 Å². The van der Waals surface area contributed by atoms with Gasteiger partial charge in [-0.2, -0.15) is 0 Å². The normalized spacial score (nSPS) is 17.8. The molecular formula is C24H30Si2. The zero-order chi connectivity index (χ0) is 18.8. The Morgan fingerprint density at radius 3 is 2.08 bits per heavy atom. The Balaban J connectivity index is 1.80. The van der Waals surface area contributed by atoms with E-state index >= 15 is 0 Å². The van der Waals surface area contributed by atoms with Crippen LogP contribution in [0.4, 0.5) is 0 Å². The third kappa shape index (κ3) is 3.92. The van der Waals surface area contributed by atoms with Gasteiger partial charge in [0.25, 0.3) is 0 Å². The van der Waals surface area contributed by atoms with Gasteiger partial charge < -0.3 is 0 Å². The van der Waals surface area contributed by atoms with Gasteiger partial charge in [0.05, 0.1) is 16.1 Å². The molecular weight excluding hydrogens is 344 g/mol. The van der Waals surface area contributed by atoms with E-state index in [1.54, 1.807) is 0 Å². The van der Waals surface area contributed by atoms with Crippen LogP contribution in [-0.2, 0) is 0 Å². The van der Waals surface area contributed by atoms with Gasteiger partial charge in [0.1, 0.15) is 0 Å². The molecule has 0 bridgehead atoms. The van der Waals surface area contributed by atoms with Gasteiger partial charge in [-0.05, 0) is 28.3 Å². The minimum Gasteiger partial charge on any atom is -0.0992 e. The molecule has 26 heavy (non-hydrogen) atoms. The third-order valence-electron chi connectivity index (χ3n) is 5.91. The number of rotatable bonds is 6. The van der Waals surface area contributed by atoms with E-state index in [1.165, 1.54) is 16.3 Å². The Kier molecular flexibility index (Phi) is 5.35. The van der Waals surface area contributed by atoms with Crippen molar-refractivity contribution >= 4 is 27.4 Å². The highest BCUT2D eigenvalue weighted by Crippen LogP contribution is 2.38. The van der Waals surface area contributed by atoms with E-state index in [1.807, 2.05) is 0 Å². The van der Waals surface area contributed by atoms with E-state index < -0.39 is 16.1 Å². The van der Waals surface area contributed by atoms with Gasteiger partial charge in [0, 0.05) is 0 Å². The third-order valence-corrected chi connectivity index (χ3v) is 12.9. The second-order valence-corrected chi connectivity index (χ2v) is 17.9. The molecule has 0 radical (unpaired) electrons. The molecule has 0 atom stereocenters. The first-order valence-corrected chi connectivity index (χ1v) is 15.7. The Bertz CT molecular complexity index is 808. The largest absolute Gasteiger partial charge is 0.0992 e. The van der Waals surface area contributed by atoms with Gasteiger partial charge in [-0.3, -0.25) is 0 Å². The zero-order valence-corrected chi connectivity index (χ0v) is 18.4. The van der Waals surface area contributed by atoms with Crippen LogP contribution in [-0.4, -0.2) is 16.1 Å². The van der Waals surface area contributed by atoms with Gasteiger partial charge in [0.15, 0.2) is 0 Å². The maximum atomic E-state index is 4.51. The van der Waals surface area contributed by atoms with E-state index in [0.29, 0.717) is 11.1 Å². The van der Waals surface area contributed by atoms with Crippen molar-refractivity contribution in [3.8, 4) is 0 Å². The van der Waals surface area contributed by atoms with Crippen molar-refractivity contribution in [2.24, 2.45) is 0 Å². The predicted molar refractivity (Wildman–Crippen MR) is 124 cm³/mol. The summed E-state index contributed by atoms with van der Waals surface area (Å²) in [5.41, 5.74) is 6.24. The van der Waals surface area contributed by atoms with Gasteiger partial charge >= 0.3 is 0 Å². The van der Waals surface area contributed by atoms with E-state index in [2.05, 4.69) is 117 Å². The molecule has 3 rings (SSSR count). The maximum Gasteiger partial charge on any atom is 0.0911 e. The molecule has 1 aromatic carbocycles. The van der Waals surface area contributed by atoms with Crippen LogP contribution in [0.25, 0.3) is 11.3 Å². The highest BCUT2D eigenvalue weighted by molar-refractivity contribution is 6.96. The fraction of sp³-hybridized carbons (Fsp3) is 0.250. The van der Waals surface area contributed by atoms with Gasteiger partial charge in [0.2, 0.25) is 0 Å². The lowest BCUT2D eigenvalue weighted by Crippen LogP contribution is -2.32. The summed E-state index contributed by atoms with van der Waals surface area (Å²) in [4.78, 5) is 0. The lowest BCUT2D eigenvalue weighted by molar-refractivity contribution is 1.31. The summed E-state index contributed by atoms with van der Waals surface area (Å²) < 4.78 is 0. The topological polar surface area (TPSA) is 0 Å². The second kappa shape index (κ2) is 7.38. The van der Waals surface area contributed by atoms with E-state index in [4.69, 9.17) is 0 Å². The Morgan fingerprint density at radius 2 is 1.46 bits per heavy atom. The second-order valence-electron chi connectivity index (χ2n) is 8.57. The number of allylic oxidation sites excluding steroid dienone is 8. The molecule has 0 saturated heterocycles. The molecule has 2 aliphatic rings. The van der Waals surface area contributed by atoms with E-state index in [0.717, 1.165) is 0 Å². The van der Waals surface area contributed by atoms with Crippen molar-refractivity contribution < 1.29 is 0 Å². The van der Waals surface area contributed by atoms with Crippen molar-refractivity contribution in [3.05, 3.63) is 96.3 Å². The Labute approximate surface area is 161 Å². The standard InChI is InChI=1S/C24H30Si2/c1-20(26(4,5)24-15-8-9-16-24)22-12-10-11-21(19-22)17-18-25(2,3)23-13-6-7-14-23/h6-19,23-24H,1H2,2-5H3/b18-17+. The molecule has 0 spiro atoms. The SMILES string of the molecule is C=C(c1cccc(/C=C/[Si](C)(C)C2C=CC=C2)c1)[Si](C)(C)C1C=CC=C1. The molecule has 0 N–H and O–H groups in total. The summed E-state index contributed by atoms with van der Waals surface area (Å²) >= 11 is 0. The number of hydrogen-bond acceptors (Lipinski definition) is 0. The van der Waals surface area contributed by atoms with Crippen molar-refractivity contribution in [2.45, 2.75) is 37.3 Å². The first-order valence-electron chi connectivity index (χ1n) is 9.50. The first kappa shape index (κ1) is 18.9. The minimum absolute atomic E-state index is 0.557. The predicted octanol–water partition coefficient (Wildman–Crippen LogP) is 7.20. The van der Waals surface area contributed by atoms with Crippen molar-refractivity contribution in [3.63, 3.8) is 0 Å². The van der Waals surface area contributed by atoms with Crippen LogP contribution in [0.2, 0.25) is 37.3 Å². The lowest BCUT2D eigenvalue weighted by atomic mass is 10.1. The molecule has 0 heterocycles. The monoisotopic (exact) mass is 374 g/mol. The molecule has 0 amide bonds. The van der Waals surface area contributed by atoms with Gasteiger partial charge in [-0.15, -0.1) is 0 Å². The summed E-state index contributed by atoms with van der Waals surface area (Å²) in [6.07, 6.45) is 20.4. The number of benzene rings is 1. The highest BCUT2D eigenvalue weighted by Gasteiger charge is 2.33. The maximum absolute atomic E-state index is 4.51. The number of hydrogen-bond donors (Lipinski definition) is 0. The van der Waals surface area contributed by atoms with Crippen LogP contribution >= 0.6 is 0 Å². The van der Waals surface area contributed by atoms with Crippen LogP contribution in [0.3, 0.4) is 0 Å². The molecule has 2 heteroatoms. The Hall–Kier alpha value is -1.91. The molecule has 0 nitrogen and oxygen atoms in total. The molecule has 0 aliphatic heterocycles. The lowest BCUT2D eigenvalue weighted by Gasteiger charge is -2.30. The molecule has 2 aliphatic carbocycles. The fourth-order valence-corrected chi connectivity index (χ4v) is 8.21. The molecule has 0 fully saturated rings. The minimum atomic E-state index is -1.62. The van der Waals surface area contributed by atoms with Crippen LogP contribution in [0.1, 0.15) is 11.1 Å². The van der Waals surface area contributed by atoms with Crippen molar-refractivity contribution in [2.75, 3.05) is 0 Å². The van der Waals surface area contributed by atoms with Gasteiger partial charge in [-0.1, -0.05) is 117 Å².